The Morgan fingerprint density at radius 3 is 3.12 bits per heavy atom. The molecule has 1 aromatic heterocycles. The molecule has 0 N–H and O–H groups in total. The van der Waals surface area contributed by atoms with Crippen LogP contribution in [-0.4, -0.2) is 28.9 Å². The Hall–Kier alpha value is -1.16. The van der Waals surface area contributed by atoms with E-state index in [1.54, 1.807) is 11.3 Å². The molecular formula is C12H16N2OS. The lowest BCUT2D eigenvalue weighted by molar-refractivity contribution is -0.127. The van der Waals surface area contributed by atoms with Crippen LogP contribution in [0.15, 0.2) is 18.2 Å². The van der Waals surface area contributed by atoms with Gasteiger partial charge in [-0.1, -0.05) is 6.08 Å². The average molecular weight is 236 g/mol. The smallest absolute Gasteiger partial charge is 0.223 e. The van der Waals surface area contributed by atoms with Gasteiger partial charge in [0.15, 0.2) is 0 Å². The van der Waals surface area contributed by atoms with Gasteiger partial charge < -0.3 is 4.90 Å². The van der Waals surface area contributed by atoms with Crippen molar-refractivity contribution in [3.8, 4) is 0 Å². The number of aromatic nitrogens is 1. The van der Waals surface area contributed by atoms with Crippen LogP contribution < -0.4 is 0 Å². The standard InChI is InChI=1S/C12H16N2OS/c1-3-10-6-12(15)14(7-10)5-4-11-9(2)13-8-16-11/h3,8,10H,1,4-7H2,2H3. The molecule has 1 unspecified atom stereocenters. The van der Waals surface area contributed by atoms with Gasteiger partial charge in [-0.15, -0.1) is 17.9 Å². The molecule has 2 rings (SSSR count). The summed E-state index contributed by atoms with van der Waals surface area (Å²) in [6.45, 7) is 7.41. The fourth-order valence-corrected chi connectivity index (χ4v) is 2.75. The monoisotopic (exact) mass is 236 g/mol. The highest BCUT2D eigenvalue weighted by molar-refractivity contribution is 7.09. The number of nitrogens with zero attached hydrogens (tertiary/aromatic N) is 2. The predicted octanol–water partition coefficient (Wildman–Crippen LogP) is 2.03. The second-order valence-electron chi connectivity index (χ2n) is 4.15. The van der Waals surface area contributed by atoms with Crippen molar-refractivity contribution in [3.63, 3.8) is 0 Å². The highest BCUT2D eigenvalue weighted by atomic mass is 32.1. The molecule has 86 valence electrons. The quantitative estimate of drug-likeness (QED) is 0.749. The molecule has 0 radical (unpaired) electrons. The van der Waals surface area contributed by atoms with Gasteiger partial charge >= 0.3 is 0 Å². The number of amides is 1. The van der Waals surface area contributed by atoms with Crippen LogP contribution in [-0.2, 0) is 11.2 Å². The van der Waals surface area contributed by atoms with Crippen molar-refractivity contribution in [2.24, 2.45) is 5.92 Å². The van der Waals surface area contributed by atoms with Crippen LogP contribution in [0.5, 0.6) is 0 Å². The average Bonchev–Trinajstić information content (AvgIpc) is 2.82. The fourth-order valence-electron chi connectivity index (χ4n) is 1.98. The predicted molar refractivity (Wildman–Crippen MR) is 65.4 cm³/mol. The zero-order valence-electron chi connectivity index (χ0n) is 9.48. The van der Waals surface area contributed by atoms with E-state index in [1.165, 1.54) is 4.88 Å². The van der Waals surface area contributed by atoms with E-state index in [4.69, 9.17) is 0 Å². The lowest BCUT2D eigenvalue weighted by Crippen LogP contribution is -2.27. The normalized spacial score (nSPS) is 20.4. The van der Waals surface area contributed by atoms with E-state index in [-0.39, 0.29) is 5.91 Å². The van der Waals surface area contributed by atoms with E-state index in [1.807, 2.05) is 23.4 Å². The maximum atomic E-state index is 11.7. The molecule has 4 heteroatoms. The van der Waals surface area contributed by atoms with Gasteiger partial charge in [-0.2, -0.15) is 0 Å². The van der Waals surface area contributed by atoms with Crippen molar-refractivity contribution in [3.05, 3.63) is 28.7 Å². The van der Waals surface area contributed by atoms with Gasteiger partial charge in [-0.3, -0.25) is 4.79 Å². The van der Waals surface area contributed by atoms with Crippen LogP contribution in [0.1, 0.15) is 17.0 Å². The minimum Gasteiger partial charge on any atom is -0.342 e. The summed E-state index contributed by atoms with van der Waals surface area (Å²) in [5.74, 6) is 0.599. The summed E-state index contributed by atoms with van der Waals surface area (Å²) in [5, 5.41) is 0. The zero-order chi connectivity index (χ0) is 11.5. The number of hydrogen-bond acceptors (Lipinski definition) is 3. The third kappa shape index (κ3) is 2.32. The first-order valence-electron chi connectivity index (χ1n) is 5.50. The summed E-state index contributed by atoms with van der Waals surface area (Å²) < 4.78 is 0. The van der Waals surface area contributed by atoms with Crippen molar-refractivity contribution >= 4 is 17.2 Å². The SMILES string of the molecule is C=CC1CC(=O)N(CCc2scnc2C)C1. The summed E-state index contributed by atoms with van der Waals surface area (Å²) in [5.41, 5.74) is 2.96. The summed E-state index contributed by atoms with van der Waals surface area (Å²) in [6.07, 6.45) is 3.44. The Kier molecular flexibility index (Phi) is 3.39. The first-order valence-corrected chi connectivity index (χ1v) is 6.38. The molecule has 2 heterocycles. The number of aryl methyl sites for hydroxylation is 1. The summed E-state index contributed by atoms with van der Waals surface area (Å²) in [4.78, 5) is 19.1. The number of hydrogen-bond donors (Lipinski definition) is 0. The molecule has 0 saturated carbocycles. The molecule has 1 atom stereocenters. The Bertz CT molecular complexity index is 399. The van der Waals surface area contributed by atoms with Crippen LogP contribution in [0.2, 0.25) is 0 Å². The Balaban J connectivity index is 1.89. The summed E-state index contributed by atoms with van der Waals surface area (Å²) in [7, 11) is 0. The highest BCUT2D eigenvalue weighted by Crippen LogP contribution is 2.20. The topological polar surface area (TPSA) is 33.2 Å². The number of thiazole rings is 1. The molecule has 1 aliphatic rings. The van der Waals surface area contributed by atoms with Gasteiger partial charge in [0.25, 0.3) is 0 Å². The van der Waals surface area contributed by atoms with Crippen LogP contribution in [0.4, 0.5) is 0 Å². The Morgan fingerprint density at radius 1 is 1.75 bits per heavy atom. The Labute approximate surface area is 99.8 Å². The molecular weight excluding hydrogens is 220 g/mol. The third-order valence-electron chi connectivity index (χ3n) is 3.03. The van der Waals surface area contributed by atoms with Gasteiger partial charge in [0, 0.05) is 36.7 Å². The zero-order valence-corrected chi connectivity index (χ0v) is 10.3. The van der Waals surface area contributed by atoms with Gasteiger partial charge in [0.1, 0.15) is 0 Å². The molecule has 1 amide bonds. The van der Waals surface area contributed by atoms with Crippen molar-refractivity contribution in [2.45, 2.75) is 19.8 Å². The van der Waals surface area contributed by atoms with E-state index >= 15 is 0 Å². The maximum Gasteiger partial charge on any atom is 0.223 e. The molecule has 16 heavy (non-hydrogen) atoms. The molecule has 0 spiro atoms. The molecule has 1 aliphatic heterocycles. The molecule has 1 aromatic rings. The number of likely N-dealkylation sites (tertiary alicyclic amines) is 1. The minimum atomic E-state index is 0.257. The van der Waals surface area contributed by atoms with E-state index in [2.05, 4.69) is 11.6 Å². The van der Waals surface area contributed by atoms with Crippen molar-refractivity contribution in [1.29, 1.82) is 0 Å². The molecule has 0 aromatic carbocycles. The highest BCUT2D eigenvalue weighted by Gasteiger charge is 2.27. The lowest BCUT2D eigenvalue weighted by Gasteiger charge is -2.15. The minimum absolute atomic E-state index is 0.257. The van der Waals surface area contributed by atoms with Crippen LogP contribution in [0.3, 0.4) is 0 Å². The second-order valence-corrected chi connectivity index (χ2v) is 5.09. The van der Waals surface area contributed by atoms with E-state index in [0.29, 0.717) is 12.3 Å². The number of rotatable bonds is 4. The molecule has 0 bridgehead atoms. The van der Waals surface area contributed by atoms with Crippen LogP contribution in [0.25, 0.3) is 0 Å². The maximum absolute atomic E-state index is 11.7. The van der Waals surface area contributed by atoms with Gasteiger partial charge in [0.2, 0.25) is 5.91 Å². The molecule has 3 nitrogen and oxygen atoms in total. The number of carbonyl (C=O) groups is 1. The fraction of sp³-hybridized carbons (Fsp3) is 0.500. The summed E-state index contributed by atoms with van der Waals surface area (Å²) in [6, 6.07) is 0. The van der Waals surface area contributed by atoms with Gasteiger partial charge in [-0.05, 0) is 6.92 Å². The van der Waals surface area contributed by atoms with Crippen molar-refractivity contribution in [1.82, 2.24) is 9.88 Å². The first-order chi connectivity index (χ1) is 7.70. The Morgan fingerprint density at radius 2 is 2.56 bits per heavy atom. The van der Waals surface area contributed by atoms with E-state index in [9.17, 15) is 4.79 Å². The lowest BCUT2D eigenvalue weighted by atomic mass is 10.1. The number of carbonyl (C=O) groups excluding carboxylic acids is 1. The van der Waals surface area contributed by atoms with Crippen LogP contribution in [0, 0.1) is 12.8 Å². The van der Waals surface area contributed by atoms with E-state index < -0.39 is 0 Å². The molecule has 1 fully saturated rings. The third-order valence-corrected chi connectivity index (χ3v) is 4.03. The molecule has 1 saturated heterocycles. The first kappa shape index (κ1) is 11.3. The van der Waals surface area contributed by atoms with Crippen molar-refractivity contribution < 1.29 is 4.79 Å². The largest absolute Gasteiger partial charge is 0.342 e. The van der Waals surface area contributed by atoms with E-state index in [0.717, 1.165) is 25.2 Å². The van der Waals surface area contributed by atoms with Crippen LogP contribution >= 0.6 is 11.3 Å². The van der Waals surface area contributed by atoms with Gasteiger partial charge in [-0.25, -0.2) is 4.98 Å². The second kappa shape index (κ2) is 4.78. The summed E-state index contributed by atoms with van der Waals surface area (Å²) >= 11 is 1.67. The van der Waals surface area contributed by atoms with Crippen molar-refractivity contribution in [2.75, 3.05) is 13.1 Å². The van der Waals surface area contributed by atoms with Gasteiger partial charge in [0.05, 0.1) is 11.2 Å². The molecule has 0 aliphatic carbocycles.